The summed E-state index contributed by atoms with van der Waals surface area (Å²) in [6.07, 6.45) is 1.56. The van der Waals surface area contributed by atoms with Crippen molar-refractivity contribution >= 4 is 28.2 Å². The van der Waals surface area contributed by atoms with E-state index in [-0.39, 0.29) is 17.8 Å². The Kier molecular flexibility index (Phi) is 4.77. The first-order valence-corrected chi connectivity index (χ1v) is 7.64. The topological polar surface area (TPSA) is 67.4 Å². The van der Waals surface area contributed by atoms with Gasteiger partial charge in [-0.25, -0.2) is 4.79 Å². The van der Waals surface area contributed by atoms with Crippen molar-refractivity contribution in [3.05, 3.63) is 16.0 Å². The highest BCUT2D eigenvalue weighted by molar-refractivity contribution is 7.17. The van der Waals surface area contributed by atoms with E-state index in [1.165, 1.54) is 18.4 Å². The lowest BCUT2D eigenvalue weighted by molar-refractivity contribution is -0.119. The minimum Gasteiger partial charge on any atom is -0.465 e. The molecule has 1 amide bonds. The van der Waals surface area contributed by atoms with Crippen molar-refractivity contribution in [3.63, 3.8) is 0 Å². The molecular weight excluding hydrogens is 276 g/mol. The van der Waals surface area contributed by atoms with Gasteiger partial charge in [-0.2, -0.15) is 0 Å². The van der Waals surface area contributed by atoms with Gasteiger partial charge in [-0.15, -0.1) is 11.3 Å². The normalized spacial score (nSPS) is 15.3. The second-order valence-corrected chi connectivity index (χ2v) is 6.03. The van der Waals surface area contributed by atoms with Crippen LogP contribution < -0.4 is 10.6 Å². The van der Waals surface area contributed by atoms with Gasteiger partial charge in [-0.1, -0.05) is 13.8 Å². The molecule has 1 aliphatic heterocycles. The van der Waals surface area contributed by atoms with Gasteiger partial charge in [-0.05, 0) is 24.9 Å². The van der Waals surface area contributed by atoms with Crippen LogP contribution in [0.15, 0.2) is 0 Å². The molecule has 2 heterocycles. The Labute approximate surface area is 122 Å². The lowest BCUT2D eigenvalue weighted by Gasteiger charge is -2.13. The number of carbonyl (C=O) groups excluding carboxylic acids is 2. The molecule has 0 bridgehead atoms. The number of esters is 1. The molecule has 5 nitrogen and oxygen atoms in total. The van der Waals surface area contributed by atoms with Crippen molar-refractivity contribution in [2.75, 3.05) is 19.0 Å². The van der Waals surface area contributed by atoms with E-state index in [4.69, 9.17) is 4.74 Å². The summed E-state index contributed by atoms with van der Waals surface area (Å²) < 4.78 is 4.87. The summed E-state index contributed by atoms with van der Waals surface area (Å²) in [4.78, 5) is 25.2. The number of hydrogen-bond donors (Lipinski definition) is 2. The molecule has 110 valence electrons. The molecule has 0 saturated carbocycles. The van der Waals surface area contributed by atoms with E-state index in [2.05, 4.69) is 10.6 Å². The molecule has 0 spiro atoms. The zero-order chi connectivity index (χ0) is 14.7. The van der Waals surface area contributed by atoms with E-state index >= 15 is 0 Å². The van der Waals surface area contributed by atoms with E-state index in [9.17, 15) is 9.59 Å². The van der Waals surface area contributed by atoms with Gasteiger partial charge in [0.1, 0.15) is 5.00 Å². The van der Waals surface area contributed by atoms with Crippen molar-refractivity contribution in [2.45, 2.75) is 33.2 Å². The molecule has 1 aromatic rings. The smallest absolute Gasteiger partial charge is 0.341 e. The van der Waals surface area contributed by atoms with E-state index in [0.29, 0.717) is 10.6 Å². The van der Waals surface area contributed by atoms with Crippen molar-refractivity contribution in [1.29, 1.82) is 0 Å². The van der Waals surface area contributed by atoms with E-state index in [1.54, 1.807) is 0 Å². The number of thiophene rings is 1. The molecule has 1 aliphatic rings. The Morgan fingerprint density at radius 3 is 2.90 bits per heavy atom. The minimum absolute atomic E-state index is 0.0517. The number of carbonyl (C=O) groups is 2. The zero-order valence-corrected chi connectivity index (χ0v) is 12.9. The van der Waals surface area contributed by atoms with Crippen LogP contribution >= 0.6 is 11.3 Å². The molecule has 1 unspecified atom stereocenters. The Hall–Kier alpha value is -1.40. The Bertz CT molecular complexity index is 525. The highest BCUT2D eigenvalue weighted by Gasteiger charge is 2.27. The largest absolute Gasteiger partial charge is 0.465 e. The monoisotopic (exact) mass is 296 g/mol. The first-order valence-electron chi connectivity index (χ1n) is 6.82. The molecule has 20 heavy (non-hydrogen) atoms. The van der Waals surface area contributed by atoms with Crippen LogP contribution in [0, 0.1) is 5.92 Å². The summed E-state index contributed by atoms with van der Waals surface area (Å²) in [6.45, 7) is 5.42. The summed E-state index contributed by atoms with van der Waals surface area (Å²) in [5, 5.41) is 6.78. The van der Waals surface area contributed by atoms with Gasteiger partial charge in [0.15, 0.2) is 0 Å². The molecule has 2 rings (SSSR count). The Morgan fingerprint density at radius 2 is 2.25 bits per heavy atom. The predicted octanol–water partition coefficient (Wildman–Crippen LogP) is 2.17. The van der Waals surface area contributed by atoms with Gasteiger partial charge in [0.25, 0.3) is 0 Å². The third-order valence-corrected chi connectivity index (χ3v) is 4.76. The van der Waals surface area contributed by atoms with E-state index in [0.717, 1.165) is 36.4 Å². The number of hydrogen-bond acceptors (Lipinski definition) is 5. The van der Waals surface area contributed by atoms with Crippen molar-refractivity contribution in [2.24, 2.45) is 5.92 Å². The number of anilines is 1. The van der Waals surface area contributed by atoms with Crippen LogP contribution in [-0.4, -0.2) is 25.5 Å². The summed E-state index contributed by atoms with van der Waals surface area (Å²) in [5.74, 6) is -0.495. The number of ether oxygens (including phenoxy) is 1. The summed E-state index contributed by atoms with van der Waals surface area (Å²) >= 11 is 1.47. The maximum absolute atomic E-state index is 12.0. The molecule has 0 aromatic carbocycles. The molecule has 1 atom stereocenters. The van der Waals surface area contributed by atoms with Gasteiger partial charge in [-0.3, -0.25) is 4.79 Å². The van der Waals surface area contributed by atoms with E-state index in [1.807, 2.05) is 13.8 Å². The number of rotatable bonds is 4. The van der Waals surface area contributed by atoms with Crippen molar-refractivity contribution in [3.8, 4) is 0 Å². The quantitative estimate of drug-likeness (QED) is 0.836. The van der Waals surface area contributed by atoms with Gasteiger partial charge in [0.2, 0.25) is 5.91 Å². The molecule has 0 aliphatic carbocycles. The van der Waals surface area contributed by atoms with Crippen LogP contribution in [-0.2, 0) is 22.5 Å². The van der Waals surface area contributed by atoms with Crippen LogP contribution in [0.4, 0.5) is 5.00 Å². The fourth-order valence-corrected chi connectivity index (χ4v) is 3.37. The molecule has 0 radical (unpaired) electrons. The molecular formula is C14H20N2O3S. The zero-order valence-electron chi connectivity index (χ0n) is 12.0. The van der Waals surface area contributed by atoms with Crippen LogP contribution in [0.2, 0.25) is 0 Å². The second-order valence-electron chi connectivity index (χ2n) is 4.92. The maximum atomic E-state index is 12.0. The average Bonchev–Trinajstić information content (AvgIpc) is 2.83. The van der Waals surface area contributed by atoms with Crippen LogP contribution in [0.1, 0.15) is 41.1 Å². The molecule has 2 N–H and O–H groups in total. The van der Waals surface area contributed by atoms with Crippen LogP contribution in [0.25, 0.3) is 0 Å². The van der Waals surface area contributed by atoms with Crippen molar-refractivity contribution < 1.29 is 14.3 Å². The standard InChI is InChI=1S/C14H20N2O3S/c1-4-8(2)12(17)16-13-11(14(18)19-3)9-5-6-15-7-10(9)20-13/h8,15H,4-7H2,1-3H3,(H,16,17). The summed E-state index contributed by atoms with van der Waals surface area (Å²) in [6, 6.07) is 0. The summed E-state index contributed by atoms with van der Waals surface area (Å²) in [7, 11) is 1.37. The summed E-state index contributed by atoms with van der Waals surface area (Å²) in [5.41, 5.74) is 1.55. The van der Waals surface area contributed by atoms with Gasteiger partial charge < -0.3 is 15.4 Å². The first kappa shape index (κ1) is 15.0. The Balaban J connectivity index is 2.34. The highest BCUT2D eigenvalue weighted by atomic mass is 32.1. The average molecular weight is 296 g/mol. The molecule has 6 heteroatoms. The van der Waals surface area contributed by atoms with Crippen molar-refractivity contribution in [1.82, 2.24) is 5.32 Å². The highest BCUT2D eigenvalue weighted by Crippen LogP contribution is 2.36. The Morgan fingerprint density at radius 1 is 1.50 bits per heavy atom. The van der Waals surface area contributed by atoms with Gasteiger partial charge in [0.05, 0.1) is 12.7 Å². The third-order valence-electron chi connectivity index (χ3n) is 3.61. The lowest BCUT2D eigenvalue weighted by atomic mass is 10.0. The predicted molar refractivity (Wildman–Crippen MR) is 79.2 cm³/mol. The van der Waals surface area contributed by atoms with Gasteiger partial charge >= 0.3 is 5.97 Å². The molecule has 0 saturated heterocycles. The molecule has 1 aromatic heterocycles. The third kappa shape index (κ3) is 2.86. The minimum atomic E-state index is -0.371. The maximum Gasteiger partial charge on any atom is 0.341 e. The number of methoxy groups -OCH3 is 1. The fourth-order valence-electron chi connectivity index (χ4n) is 2.16. The second kappa shape index (κ2) is 6.37. The number of nitrogens with one attached hydrogen (secondary N) is 2. The molecule has 0 fully saturated rings. The lowest BCUT2D eigenvalue weighted by Crippen LogP contribution is -2.24. The number of fused-ring (bicyclic) bond motifs is 1. The van der Waals surface area contributed by atoms with Crippen LogP contribution in [0.5, 0.6) is 0 Å². The van der Waals surface area contributed by atoms with E-state index < -0.39 is 0 Å². The number of amides is 1. The fraction of sp³-hybridized carbons (Fsp3) is 0.571. The van der Waals surface area contributed by atoms with Gasteiger partial charge in [0, 0.05) is 17.3 Å². The first-order chi connectivity index (χ1) is 9.58. The van der Waals surface area contributed by atoms with Crippen LogP contribution in [0.3, 0.4) is 0 Å². The SMILES string of the molecule is CCC(C)C(=O)Nc1sc2c(c1C(=O)OC)CCNC2.